The van der Waals surface area contributed by atoms with Crippen molar-refractivity contribution >= 4 is 0 Å². The Balaban J connectivity index is 2.85. The lowest BCUT2D eigenvalue weighted by Crippen LogP contribution is -1.62. The van der Waals surface area contributed by atoms with Gasteiger partial charge in [-0.3, -0.25) is 5.11 Å². The third-order valence-corrected chi connectivity index (χ3v) is 0.394. The largest absolute Gasteiger partial charge is 0.296 e. The summed E-state index contributed by atoms with van der Waals surface area (Å²) in [6.45, 7) is 4.91. The van der Waals surface area contributed by atoms with E-state index in [4.69, 9.17) is 0 Å². The van der Waals surface area contributed by atoms with Crippen LogP contribution in [0.2, 0.25) is 0 Å². The van der Waals surface area contributed by atoms with Gasteiger partial charge in [-0.1, -0.05) is 13.5 Å². The van der Waals surface area contributed by atoms with Crippen LogP contribution in [0, 0.1) is 0 Å². The monoisotopic (exact) mass is 71.0 g/mol. The molecular weight excluding hydrogens is 64.0 g/mol. The summed E-state index contributed by atoms with van der Waals surface area (Å²) in [5.41, 5.74) is 0. The molecule has 0 aliphatic carbocycles. The topological polar surface area (TPSA) is 19.9 Å². The fourth-order valence-electron chi connectivity index (χ4n) is 0. The molecule has 0 bridgehead atoms. The molecule has 0 aromatic heterocycles. The van der Waals surface area contributed by atoms with Crippen LogP contribution in [0.4, 0.5) is 0 Å². The van der Waals surface area contributed by atoms with Crippen molar-refractivity contribution < 1.29 is 5.11 Å². The summed E-state index contributed by atoms with van der Waals surface area (Å²) in [7, 11) is 0. The molecule has 0 spiro atoms. The molecule has 1 heteroatoms. The summed E-state index contributed by atoms with van der Waals surface area (Å²) in [5, 5.41) is 9.70. The second-order valence-corrected chi connectivity index (χ2v) is 0.892. The van der Waals surface area contributed by atoms with Gasteiger partial charge in [0.1, 0.15) is 5.76 Å². The summed E-state index contributed by atoms with van der Waals surface area (Å²) < 4.78 is 0. The van der Waals surface area contributed by atoms with E-state index in [-0.39, 0.29) is 5.76 Å². The summed E-state index contributed by atoms with van der Waals surface area (Å²) in [5.74, 6) is 0.00463. The van der Waals surface area contributed by atoms with Gasteiger partial charge in [-0.25, -0.2) is 0 Å². The van der Waals surface area contributed by atoms with Gasteiger partial charge in [0.05, 0.1) is 0 Å². The molecule has 5 heavy (non-hydrogen) atoms. The zero-order chi connectivity index (χ0) is 4.28. The van der Waals surface area contributed by atoms with Crippen molar-refractivity contribution in [2.24, 2.45) is 0 Å². The lowest BCUT2D eigenvalue weighted by molar-refractivity contribution is 0.288. The molecule has 0 rings (SSSR count). The second kappa shape index (κ2) is 1.82. The van der Waals surface area contributed by atoms with Crippen LogP contribution in [-0.2, 0) is 5.11 Å². The second-order valence-electron chi connectivity index (χ2n) is 0.892. The fraction of sp³-hybridized carbons (Fsp3) is 0.500. The van der Waals surface area contributed by atoms with Gasteiger partial charge in [0, 0.05) is 6.42 Å². The molecular formula is C4H7O. The number of hydrogen-bond acceptors (Lipinski definition) is 0. The Kier molecular flexibility index (Phi) is 1.65. The SMILES string of the molecule is C=C([O])CC. The molecule has 0 aromatic carbocycles. The van der Waals surface area contributed by atoms with Crippen LogP contribution < -0.4 is 0 Å². The molecule has 0 saturated carbocycles. The van der Waals surface area contributed by atoms with Gasteiger partial charge in [0.25, 0.3) is 0 Å². The molecule has 0 aromatic rings. The van der Waals surface area contributed by atoms with Crippen LogP contribution in [0.25, 0.3) is 0 Å². The molecule has 0 aliphatic heterocycles. The van der Waals surface area contributed by atoms with Crippen LogP contribution in [0.1, 0.15) is 13.3 Å². The third-order valence-electron chi connectivity index (χ3n) is 0.394. The molecule has 1 radical (unpaired) electrons. The highest BCUT2D eigenvalue weighted by molar-refractivity contribution is 4.73. The van der Waals surface area contributed by atoms with Crippen molar-refractivity contribution in [2.75, 3.05) is 0 Å². The Bertz CT molecular complexity index is 38.9. The van der Waals surface area contributed by atoms with Crippen LogP contribution in [0.15, 0.2) is 12.3 Å². The van der Waals surface area contributed by atoms with E-state index < -0.39 is 0 Å². The minimum atomic E-state index is 0.00463. The molecule has 0 fully saturated rings. The minimum Gasteiger partial charge on any atom is -0.296 e. The zero-order valence-electron chi connectivity index (χ0n) is 3.32. The standard InChI is InChI=1S/C4H7O/c1-3-4(2)5/h2-3H2,1H3. The van der Waals surface area contributed by atoms with Gasteiger partial charge in [-0.05, 0) is 0 Å². The quantitative estimate of drug-likeness (QED) is 0.416. The lowest BCUT2D eigenvalue weighted by atomic mass is 10.4. The van der Waals surface area contributed by atoms with Crippen LogP contribution in [0.5, 0.6) is 0 Å². The van der Waals surface area contributed by atoms with E-state index in [2.05, 4.69) is 6.58 Å². The van der Waals surface area contributed by atoms with Crippen LogP contribution in [0.3, 0.4) is 0 Å². The van der Waals surface area contributed by atoms with Gasteiger partial charge < -0.3 is 0 Å². The third kappa shape index (κ3) is 3.54. The van der Waals surface area contributed by atoms with Gasteiger partial charge in [0.15, 0.2) is 0 Å². The normalized spacial score (nSPS) is 7.40. The van der Waals surface area contributed by atoms with Crippen molar-refractivity contribution in [3.05, 3.63) is 12.3 Å². The van der Waals surface area contributed by atoms with Crippen molar-refractivity contribution in [3.63, 3.8) is 0 Å². The van der Waals surface area contributed by atoms with E-state index in [0.717, 1.165) is 0 Å². The van der Waals surface area contributed by atoms with Gasteiger partial charge in [0.2, 0.25) is 0 Å². The van der Waals surface area contributed by atoms with E-state index >= 15 is 0 Å². The Morgan fingerprint density at radius 2 is 2.20 bits per heavy atom. The lowest BCUT2D eigenvalue weighted by Gasteiger charge is -1.73. The van der Waals surface area contributed by atoms with Crippen LogP contribution >= 0.6 is 0 Å². The highest BCUT2D eigenvalue weighted by atomic mass is 16.3. The number of allylic oxidation sites excluding steroid dienone is 1. The zero-order valence-corrected chi connectivity index (χ0v) is 3.32. The number of rotatable bonds is 1. The van der Waals surface area contributed by atoms with Gasteiger partial charge in [-0.15, -0.1) is 0 Å². The predicted molar refractivity (Wildman–Crippen MR) is 20.1 cm³/mol. The van der Waals surface area contributed by atoms with E-state index in [1.54, 1.807) is 6.92 Å². The van der Waals surface area contributed by atoms with Crippen molar-refractivity contribution in [3.8, 4) is 0 Å². The van der Waals surface area contributed by atoms with Gasteiger partial charge >= 0.3 is 0 Å². The van der Waals surface area contributed by atoms with Gasteiger partial charge in [-0.2, -0.15) is 0 Å². The summed E-state index contributed by atoms with van der Waals surface area (Å²) >= 11 is 0. The summed E-state index contributed by atoms with van der Waals surface area (Å²) in [6.07, 6.45) is 0.556. The van der Waals surface area contributed by atoms with Crippen molar-refractivity contribution in [1.82, 2.24) is 0 Å². The maximum atomic E-state index is 9.70. The molecule has 0 unspecified atom stereocenters. The molecule has 0 N–H and O–H groups in total. The molecule has 0 saturated heterocycles. The van der Waals surface area contributed by atoms with Crippen molar-refractivity contribution in [2.45, 2.75) is 13.3 Å². The molecule has 1 nitrogen and oxygen atoms in total. The van der Waals surface area contributed by atoms with E-state index in [9.17, 15) is 5.11 Å². The highest BCUT2D eigenvalue weighted by Gasteiger charge is 1.75. The molecule has 0 atom stereocenters. The Morgan fingerprint density at radius 3 is 2.20 bits per heavy atom. The Morgan fingerprint density at radius 1 is 2.00 bits per heavy atom. The molecule has 0 amide bonds. The minimum absolute atomic E-state index is 0.00463. The predicted octanol–water partition coefficient (Wildman–Crippen LogP) is 1.34. The Hall–Kier alpha value is -0.460. The molecule has 0 aliphatic rings. The maximum absolute atomic E-state index is 9.70. The Labute approximate surface area is 31.9 Å². The fourth-order valence-corrected chi connectivity index (χ4v) is 0. The van der Waals surface area contributed by atoms with Crippen LogP contribution in [-0.4, -0.2) is 0 Å². The molecule has 29 valence electrons. The average molecular weight is 71.1 g/mol. The summed E-state index contributed by atoms with van der Waals surface area (Å²) in [4.78, 5) is 0. The van der Waals surface area contributed by atoms with Crippen molar-refractivity contribution in [1.29, 1.82) is 0 Å². The first-order valence-corrected chi connectivity index (χ1v) is 1.62. The van der Waals surface area contributed by atoms with E-state index in [1.165, 1.54) is 0 Å². The smallest absolute Gasteiger partial charge is 0.148 e. The first-order chi connectivity index (χ1) is 2.27. The maximum Gasteiger partial charge on any atom is 0.148 e. The van der Waals surface area contributed by atoms with E-state index in [0.29, 0.717) is 6.42 Å². The summed E-state index contributed by atoms with van der Waals surface area (Å²) in [6, 6.07) is 0. The number of hydrogen-bond donors (Lipinski definition) is 0. The highest BCUT2D eigenvalue weighted by Crippen LogP contribution is 1.85. The first-order valence-electron chi connectivity index (χ1n) is 1.62. The average Bonchev–Trinajstić information content (AvgIpc) is 1.38. The molecule has 0 heterocycles. The first kappa shape index (κ1) is 4.54. The van der Waals surface area contributed by atoms with E-state index in [1.807, 2.05) is 0 Å².